The third-order valence-corrected chi connectivity index (χ3v) is 3.69. The predicted octanol–water partition coefficient (Wildman–Crippen LogP) is 2.43. The van der Waals surface area contributed by atoms with Gasteiger partial charge < -0.3 is 10.1 Å². The van der Waals surface area contributed by atoms with Crippen molar-refractivity contribution >= 4 is 11.6 Å². The van der Waals surface area contributed by atoms with Crippen LogP contribution in [0.1, 0.15) is 17.9 Å². The van der Waals surface area contributed by atoms with E-state index in [0.717, 1.165) is 36.9 Å². The van der Waals surface area contributed by atoms with Crippen LogP contribution in [0, 0.1) is 5.92 Å². The molecule has 1 saturated heterocycles. The average Bonchev–Trinajstić information content (AvgIpc) is 2.62. The van der Waals surface area contributed by atoms with Gasteiger partial charge in [0, 0.05) is 23.0 Å². The van der Waals surface area contributed by atoms with Crippen LogP contribution in [0.2, 0.25) is 5.02 Å². The van der Waals surface area contributed by atoms with Gasteiger partial charge in [-0.05, 0) is 37.1 Å². The van der Waals surface area contributed by atoms with Gasteiger partial charge >= 0.3 is 0 Å². The minimum atomic E-state index is 0.584. The van der Waals surface area contributed by atoms with Gasteiger partial charge in [-0.1, -0.05) is 11.6 Å². The van der Waals surface area contributed by atoms with Gasteiger partial charge in [0.15, 0.2) is 0 Å². The summed E-state index contributed by atoms with van der Waals surface area (Å²) in [5, 5.41) is 4.26. The molecular formula is C12H14ClNO. The number of benzene rings is 1. The lowest BCUT2D eigenvalue weighted by Gasteiger charge is -2.15. The average molecular weight is 224 g/mol. The molecule has 0 saturated carbocycles. The zero-order valence-electron chi connectivity index (χ0n) is 8.50. The summed E-state index contributed by atoms with van der Waals surface area (Å²) in [6, 6.07) is 5.97. The molecule has 2 atom stereocenters. The third-order valence-electron chi connectivity index (χ3n) is 3.46. The van der Waals surface area contributed by atoms with Crippen LogP contribution in [0.25, 0.3) is 0 Å². The molecule has 3 rings (SSSR count). The van der Waals surface area contributed by atoms with Crippen molar-refractivity contribution in [1.82, 2.24) is 5.32 Å². The molecule has 1 aromatic rings. The molecule has 1 aromatic carbocycles. The largest absolute Gasteiger partial charge is 0.493 e. The van der Waals surface area contributed by atoms with Gasteiger partial charge in [-0.2, -0.15) is 0 Å². The first-order valence-electron chi connectivity index (χ1n) is 5.47. The third kappa shape index (κ3) is 1.62. The molecule has 2 aliphatic heterocycles. The Bertz CT molecular complexity index is 380. The number of fused-ring (bicyclic) bond motifs is 3. The Morgan fingerprint density at radius 1 is 1.33 bits per heavy atom. The quantitative estimate of drug-likeness (QED) is 0.730. The molecule has 2 heterocycles. The van der Waals surface area contributed by atoms with Crippen LogP contribution in [0.5, 0.6) is 5.75 Å². The van der Waals surface area contributed by atoms with Crippen LogP contribution in [0.15, 0.2) is 18.2 Å². The maximum absolute atomic E-state index is 6.04. The first-order valence-corrected chi connectivity index (χ1v) is 5.85. The number of hydrogen-bond donors (Lipinski definition) is 1. The van der Waals surface area contributed by atoms with E-state index in [0.29, 0.717) is 11.8 Å². The Morgan fingerprint density at radius 2 is 2.27 bits per heavy atom. The maximum atomic E-state index is 6.04. The highest BCUT2D eigenvalue weighted by Crippen LogP contribution is 2.39. The summed E-state index contributed by atoms with van der Waals surface area (Å²) in [5.74, 6) is 2.32. The SMILES string of the molecule is Clc1ccc2c(c1)[C@H]1CNCC1CCO2. The fraction of sp³-hybridized carbons (Fsp3) is 0.500. The molecule has 1 N–H and O–H groups in total. The van der Waals surface area contributed by atoms with E-state index in [9.17, 15) is 0 Å². The van der Waals surface area contributed by atoms with Gasteiger partial charge in [-0.3, -0.25) is 0 Å². The lowest BCUT2D eigenvalue weighted by atomic mass is 9.87. The molecule has 0 aliphatic carbocycles. The highest BCUT2D eigenvalue weighted by Gasteiger charge is 2.32. The van der Waals surface area contributed by atoms with Crippen LogP contribution < -0.4 is 10.1 Å². The molecule has 2 nitrogen and oxygen atoms in total. The van der Waals surface area contributed by atoms with E-state index < -0.39 is 0 Å². The van der Waals surface area contributed by atoms with E-state index in [1.807, 2.05) is 12.1 Å². The van der Waals surface area contributed by atoms with E-state index in [4.69, 9.17) is 16.3 Å². The number of halogens is 1. The summed E-state index contributed by atoms with van der Waals surface area (Å²) in [5.41, 5.74) is 1.29. The zero-order valence-corrected chi connectivity index (χ0v) is 9.26. The summed E-state index contributed by atoms with van der Waals surface area (Å²) < 4.78 is 5.75. The van der Waals surface area contributed by atoms with E-state index >= 15 is 0 Å². The number of hydrogen-bond acceptors (Lipinski definition) is 2. The lowest BCUT2D eigenvalue weighted by Crippen LogP contribution is -2.11. The van der Waals surface area contributed by atoms with Crippen molar-refractivity contribution in [2.75, 3.05) is 19.7 Å². The van der Waals surface area contributed by atoms with Crippen LogP contribution in [-0.2, 0) is 0 Å². The Hall–Kier alpha value is -0.730. The fourth-order valence-corrected chi connectivity index (χ4v) is 2.84. The monoisotopic (exact) mass is 223 g/mol. The van der Waals surface area contributed by atoms with Crippen molar-refractivity contribution in [3.8, 4) is 5.75 Å². The van der Waals surface area contributed by atoms with E-state index in [2.05, 4.69) is 11.4 Å². The molecule has 15 heavy (non-hydrogen) atoms. The predicted molar refractivity (Wildman–Crippen MR) is 60.7 cm³/mol. The molecule has 1 unspecified atom stereocenters. The van der Waals surface area contributed by atoms with E-state index in [-0.39, 0.29) is 0 Å². The second-order valence-corrected chi connectivity index (χ2v) is 4.78. The summed E-state index contributed by atoms with van der Waals surface area (Å²) in [6.45, 7) is 3.00. The Labute approximate surface area is 94.6 Å². The number of rotatable bonds is 0. The summed E-state index contributed by atoms with van der Waals surface area (Å²) in [6.07, 6.45) is 1.14. The summed E-state index contributed by atoms with van der Waals surface area (Å²) >= 11 is 6.04. The smallest absolute Gasteiger partial charge is 0.122 e. The second-order valence-electron chi connectivity index (χ2n) is 4.34. The molecule has 3 heteroatoms. The van der Waals surface area contributed by atoms with Crippen LogP contribution >= 0.6 is 11.6 Å². The van der Waals surface area contributed by atoms with Gasteiger partial charge in [0.2, 0.25) is 0 Å². The van der Waals surface area contributed by atoms with Crippen LogP contribution in [0.3, 0.4) is 0 Å². The molecule has 1 fully saturated rings. The first kappa shape index (κ1) is 9.49. The van der Waals surface area contributed by atoms with Crippen LogP contribution in [-0.4, -0.2) is 19.7 Å². The van der Waals surface area contributed by atoms with Crippen LogP contribution in [0.4, 0.5) is 0 Å². The van der Waals surface area contributed by atoms with Gasteiger partial charge in [0.1, 0.15) is 5.75 Å². The van der Waals surface area contributed by atoms with E-state index in [1.54, 1.807) is 0 Å². The van der Waals surface area contributed by atoms with Crippen molar-refractivity contribution < 1.29 is 4.74 Å². The number of nitrogens with one attached hydrogen (secondary N) is 1. The molecule has 0 aromatic heterocycles. The normalized spacial score (nSPS) is 28.9. The minimum absolute atomic E-state index is 0.584. The Kier molecular flexibility index (Phi) is 2.33. The number of ether oxygens (including phenoxy) is 1. The minimum Gasteiger partial charge on any atom is -0.493 e. The van der Waals surface area contributed by atoms with Crippen molar-refractivity contribution in [1.29, 1.82) is 0 Å². The molecular weight excluding hydrogens is 210 g/mol. The molecule has 0 amide bonds. The van der Waals surface area contributed by atoms with Crippen molar-refractivity contribution in [2.24, 2.45) is 5.92 Å². The molecule has 0 bridgehead atoms. The molecule has 2 aliphatic rings. The zero-order chi connectivity index (χ0) is 10.3. The summed E-state index contributed by atoms with van der Waals surface area (Å²) in [4.78, 5) is 0. The topological polar surface area (TPSA) is 21.3 Å². The molecule has 0 radical (unpaired) electrons. The Balaban J connectivity index is 2.06. The summed E-state index contributed by atoms with van der Waals surface area (Å²) in [7, 11) is 0. The fourth-order valence-electron chi connectivity index (χ4n) is 2.66. The molecule has 0 spiro atoms. The standard InChI is InChI=1S/C12H14ClNO/c13-9-1-2-12-10(5-9)11-7-14-6-8(11)3-4-15-12/h1-2,5,8,11,14H,3-4,6-7H2/t8?,11-/m0/s1. The highest BCUT2D eigenvalue weighted by atomic mass is 35.5. The van der Waals surface area contributed by atoms with Gasteiger partial charge in [-0.25, -0.2) is 0 Å². The maximum Gasteiger partial charge on any atom is 0.122 e. The second kappa shape index (κ2) is 3.69. The van der Waals surface area contributed by atoms with Gasteiger partial charge in [0.05, 0.1) is 6.61 Å². The highest BCUT2D eigenvalue weighted by molar-refractivity contribution is 6.30. The van der Waals surface area contributed by atoms with Crippen molar-refractivity contribution in [3.63, 3.8) is 0 Å². The van der Waals surface area contributed by atoms with E-state index in [1.165, 1.54) is 5.56 Å². The first-order chi connectivity index (χ1) is 7.34. The van der Waals surface area contributed by atoms with Crippen molar-refractivity contribution in [3.05, 3.63) is 28.8 Å². The van der Waals surface area contributed by atoms with Crippen molar-refractivity contribution in [2.45, 2.75) is 12.3 Å². The lowest BCUT2D eigenvalue weighted by molar-refractivity contribution is 0.296. The Morgan fingerprint density at radius 3 is 3.20 bits per heavy atom. The van der Waals surface area contributed by atoms with Gasteiger partial charge in [0.25, 0.3) is 0 Å². The molecule has 80 valence electrons. The van der Waals surface area contributed by atoms with Gasteiger partial charge in [-0.15, -0.1) is 0 Å².